The molecule has 41 heavy (non-hydrogen) atoms. The van der Waals surface area contributed by atoms with Crippen molar-refractivity contribution >= 4 is 28.6 Å². The first-order valence-electron chi connectivity index (χ1n) is 15.1. The van der Waals surface area contributed by atoms with E-state index in [1.54, 1.807) is 12.1 Å². The molecule has 4 bridgehead atoms. The van der Waals surface area contributed by atoms with Crippen LogP contribution in [0.1, 0.15) is 79.1 Å². The molecule has 0 aliphatic heterocycles. The van der Waals surface area contributed by atoms with Crippen LogP contribution >= 0.6 is 0 Å². The van der Waals surface area contributed by atoms with Gasteiger partial charge >= 0.3 is 11.9 Å². The number of carbonyl (C=O) groups is 2. The second-order valence-corrected chi connectivity index (χ2v) is 25.3. The highest BCUT2D eigenvalue weighted by molar-refractivity contribution is 6.74. The Balaban J connectivity index is 1.95. The van der Waals surface area contributed by atoms with Gasteiger partial charge in [-0.15, -0.1) is 0 Å². The Kier molecular flexibility index (Phi) is 7.56. The van der Waals surface area contributed by atoms with Crippen LogP contribution in [-0.2, 0) is 23.1 Å². The topological polar surface area (TPSA) is 71.1 Å². The number of carbonyl (C=O) groups excluding carboxylic acids is 2. The molecule has 3 aliphatic carbocycles. The van der Waals surface area contributed by atoms with Gasteiger partial charge in [0.05, 0.1) is 23.4 Å². The average molecular weight is 601 g/mol. The summed E-state index contributed by atoms with van der Waals surface area (Å²) in [4.78, 5) is 27.8. The first kappa shape index (κ1) is 32.2. The van der Waals surface area contributed by atoms with Crippen molar-refractivity contribution < 1.29 is 27.9 Å². The Bertz CT molecular complexity index is 1230. The predicted molar refractivity (Wildman–Crippen MR) is 168 cm³/mol. The van der Waals surface area contributed by atoms with Crippen molar-refractivity contribution in [1.82, 2.24) is 0 Å². The summed E-state index contributed by atoms with van der Waals surface area (Å²) in [5.74, 6) is -1.18. The first-order valence-corrected chi connectivity index (χ1v) is 20.9. The average Bonchev–Trinajstić information content (AvgIpc) is 3.25. The lowest BCUT2D eigenvalue weighted by Gasteiger charge is -2.56. The fourth-order valence-electron chi connectivity index (χ4n) is 7.27. The lowest BCUT2D eigenvalue weighted by molar-refractivity contribution is -0.187. The molecule has 6 unspecified atom stereocenters. The van der Waals surface area contributed by atoms with Crippen LogP contribution in [0.15, 0.2) is 42.5 Å². The normalized spacial score (nSPS) is 34.7. The van der Waals surface area contributed by atoms with Gasteiger partial charge in [0, 0.05) is 11.3 Å². The molecule has 0 N–H and O–H groups in total. The molecule has 6 nitrogen and oxygen atoms in total. The van der Waals surface area contributed by atoms with Gasteiger partial charge in [-0.3, -0.25) is 4.79 Å². The lowest BCUT2D eigenvalue weighted by Crippen LogP contribution is -2.66. The molecule has 2 fully saturated rings. The van der Waals surface area contributed by atoms with Gasteiger partial charge in [0.25, 0.3) is 0 Å². The largest absolute Gasteiger partial charge is 0.465 e. The summed E-state index contributed by atoms with van der Waals surface area (Å²) in [6.45, 7) is 28.6. The van der Waals surface area contributed by atoms with Crippen LogP contribution in [0.3, 0.4) is 0 Å². The van der Waals surface area contributed by atoms with E-state index in [1.807, 2.05) is 32.0 Å². The van der Waals surface area contributed by atoms with Gasteiger partial charge in [-0.05, 0) is 68.7 Å². The SMILES string of the molecule is CCOC(=O)C1(C)C2C(OC(=O)c3ccccc3)CC3(C)C2(O[Si](C)(C)C(C)(C)C)C=CC13O[Si](C)(C)C(C)(C)C. The number of benzene rings is 1. The zero-order valence-corrected chi connectivity index (χ0v) is 29.6. The highest BCUT2D eigenvalue weighted by atomic mass is 28.4. The molecule has 3 aliphatic rings. The van der Waals surface area contributed by atoms with Gasteiger partial charge in [-0.25, -0.2) is 4.79 Å². The van der Waals surface area contributed by atoms with E-state index >= 15 is 0 Å². The van der Waals surface area contributed by atoms with Crippen LogP contribution in [0.2, 0.25) is 36.3 Å². The van der Waals surface area contributed by atoms with Crippen LogP contribution in [0.5, 0.6) is 0 Å². The quantitative estimate of drug-likeness (QED) is 0.172. The zero-order chi connectivity index (χ0) is 31.1. The summed E-state index contributed by atoms with van der Waals surface area (Å²) in [5, 5.41) is -0.163. The van der Waals surface area contributed by atoms with Crippen LogP contribution in [0.4, 0.5) is 0 Å². The Hall–Kier alpha value is -1.75. The highest BCUT2D eigenvalue weighted by Gasteiger charge is 2.90. The number of rotatable bonds is 8. The molecule has 2 saturated carbocycles. The standard InChI is InChI=1S/C33H52O6Si2/c1-14-36-27(35)31(9)25-24(37-26(34)23-18-16-15-17-19-23)22-30(8)32(25,38-40(10,11)28(2,3)4)20-21-33(30,31)39-41(12,13)29(5,6)7/h15-21,24-25H,14,22H2,1-13H3. The predicted octanol–water partition coefficient (Wildman–Crippen LogP) is 7.91. The van der Waals surface area contributed by atoms with Crippen molar-refractivity contribution in [2.45, 2.75) is 122 Å². The summed E-state index contributed by atoms with van der Waals surface area (Å²) in [7, 11) is -4.82. The number of ether oxygens (including phenoxy) is 2. The van der Waals surface area contributed by atoms with Gasteiger partial charge in [-0.1, -0.05) is 78.8 Å². The third-order valence-corrected chi connectivity index (χ3v) is 20.4. The minimum absolute atomic E-state index is 0.0734. The number of hydrogen-bond acceptors (Lipinski definition) is 6. The van der Waals surface area contributed by atoms with E-state index in [0.717, 1.165) is 0 Å². The molecule has 0 amide bonds. The van der Waals surface area contributed by atoms with Crippen molar-refractivity contribution in [3.8, 4) is 0 Å². The Morgan fingerprint density at radius 2 is 1.41 bits per heavy atom. The minimum Gasteiger partial charge on any atom is -0.465 e. The van der Waals surface area contributed by atoms with E-state index in [-0.39, 0.29) is 28.6 Å². The van der Waals surface area contributed by atoms with Crippen molar-refractivity contribution in [2.75, 3.05) is 6.61 Å². The smallest absolute Gasteiger partial charge is 0.338 e. The summed E-state index contributed by atoms with van der Waals surface area (Å²) in [5.41, 5.74) is -3.15. The van der Waals surface area contributed by atoms with E-state index in [4.69, 9.17) is 18.3 Å². The summed E-state index contributed by atoms with van der Waals surface area (Å²) >= 11 is 0. The Labute approximate surface area is 249 Å². The molecule has 0 heterocycles. The second kappa shape index (κ2) is 9.63. The molecule has 0 aromatic heterocycles. The van der Waals surface area contributed by atoms with Gasteiger partial charge < -0.3 is 18.3 Å². The molecule has 228 valence electrons. The molecule has 0 saturated heterocycles. The van der Waals surface area contributed by atoms with Crippen molar-refractivity contribution in [3.05, 3.63) is 48.0 Å². The second-order valence-electron chi connectivity index (χ2n) is 15.8. The van der Waals surface area contributed by atoms with E-state index in [0.29, 0.717) is 12.0 Å². The number of hydrogen-bond donors (Lipinski definition) is 0. The van der Waals surface area contributed by atoms with Gasteiger partial charge in [0.2, 0.25) is 0 Å². The van der Waals surface area contributed by atoms with Crippen LogP contribution in [0.25, 0.3) is 0 Å². The molecule has 0 spiro atoms. The fourth-order valence-corrected chi connectivity index (χ4v) is 10.5. The lowest BCUT2D eigenvalue weighted by atomic mass is 9.58. The van der Waals surface area contributed by atoms with Gasteiger partial charge in [0.15, 0.2) is 16.6 Å². The van der Waals surface area contributed by atoms with Crippen molar-refractivity contribution in [1.29, 1.82) is 0 Å². The van der Waals surface area contributed by atoms with Crippen LogP contribution < -0.4 is 0 Å². The molecule has 6 atom stereocenters. The van der Waals surface area contributed by atoms with Crippen molar-refractivity contribution in [2.24, 2.45) is 16.7 Å². The monoisotopic (exact) mass is 600 g/mol. The maximum atomic E-state index is 14.3. The molecule has 8 heteroatoms. The van der Waals surface area contributed by atoms with Gasteiger partial charge in [0.1, 0.15) is 11.5 Å². The maximum absolute atomic E-state index is 14.3. The molecule has 0 radical (unpaired) electrons. The fraction of sp³-hybridized carbons (Fsp3) is 0.697. The molecular formula is C33H52O6Si2. The van der Waals surface area contributed by atoms with Crippen LogP contribution in [-0.4, -0.2) is 52.5 Å². The van der Waals surface area contributed by atoms with E-state index in [1.165, 1.54) is 0 Å². The molecule has 4 rings (SSSR count). The highest BCUT2D eigenvalue weighted by Crippen LogP contribution is 2.80. The summed E-state index contributed by atoms with van der Waals surface area (Å²) in [6, 6.07) is 9.06. The van der Waals surface area contributed by atoms with Gasteiger partial charge in [-0.2, -0.15) is 0 Å². The van der Waals surface area contributed by atoms with E-state index < -0.39 is 50.7 Å². The molecular weight excluding hydrogens is 549 g/mol. The zero-order valence-electron chi connectivity index (χ0n) is 27.6. The Morgan fingerprint density at radius 1 is 0.878 bits per heavy atom. The van der Waals surface area contributed by atoms with Crippen molar-refractivity contribution in [3.63, 3.8) is 0 Å². The molecule has 1 aromatic rings. The molecule has 1 aromatic carbocycles. The first-order chi connectivity index (χ1) is 18.6. The number of esters is 2. The summed E-state index contributed by atoms with van der Waals surface area (Å²) < 4.78 is 27.2. The Morgan fingerprint density at radius 3 is 1.93 bits per heavy atom. The maximum Gasteiger partial charge on any atom is 0.338 e. The van der Waals surface area contributed by atoms with E-state index in [9.17, 15) is 9.59 Å². The summed E-state index contributed by atoms with van der Waals surface area (Å²) in [6.07, 6.45) is 4.28. The van der Waals surface area contributed by atoms with E-state index in [2.05, 4.69) is 86.8 Å². The van der Waals surface area contributed by atoms with Crippen LogP contribution in [0, 0.1) is 16.7 Å². The minimum atomic E-state index is -2.42. The third kappa shape index (κ3) is 4.29. The third-order valence-electron chi connectivity index (χ3n) is 11.5.